The smallest absolute Gasteiger partial charge is 0.246 e. The van der Waals surface area contributed by atoms with Crippen molar-refractivity contribution in [1.82, 2.24) is 15.5 Å². The fourth-order valence-corrected chi connectivity index (χ4v) is 3.09. The molecule has 1 N–H and O–H groups in total. The number of rotatable bonds is 4. The van der Waals surface area contributed by atoms with Gasteiger partial charge < -0.3 is 9.84 Å². The first-order chi connectivity index (χ1) is 10.1. The molecule has 3 rings (SSSR count). The summed E-state index contributed by atoms with van der Waals surface area (Å²) in [6.45, 7) is 7.10. The minimum Gasteiger partial charge on any atom is -0.337 e. The van der Waals surface area contributed by atoms with Gasteiger partial charge in [-0.2, -0.15) is 4.98 Å². The van der Waals surface area contributed by atoms with Crippen molar-refractivity contribution >= 4 is 0 Å². The highest BCUT2D eigenvalue weighted by molar-refractivity contribution is 5.31. The summed E-state index contributed by atoms with van der Waals surface area (Å²) in [5.41, 5.74) is 2.61. The zero-order valence-electron chi connectivity index (χ0n) is 13.0. The second-order valence-corrected chi connectivity index (χ2v) is 6.32. The summed E-state index contributed by atoms with van der Waals surface area (Å²) in [5.74, 6) is 1.90. The van der Waals surface area contributed by atoms with Gasteiger partial charge in [-0.25, -0.2) is 0 Å². The van der Waals surface area contributed by atoms with Gasteiger partial charge in [-0.05, 0) is 50.8 Å². The van der Waals surface area contributed by atoms with E-state index in [-0.39, 0.29) is 5.54 Å². The standard InChI is InChI=1S/C17H23N3O/c1-4-18-17(2,3)16-19-15(20-21-16)14-10-9-12-7-5-6-8-13(12)11-14/h5-8,14,18H,4,9-11H2,1-3H3. The number of hydrogen-bond donors (Lipinski definition) is 1. The van der Waals surface area contributed by atoms with E-state index in [0.29, 0.717) is 11.8 Å². The minimum absolute atomic E-state index is 0.271. The molecule has 0 radical (unpaired) electrons. The van der Waals surface area contributed by atoms with Crippen molar-refractivity contribution in [3.63, 3.8) is 0 Å². The first-order valence-electron chi connectivity index (χ1n) is 7.76. The summed E-state index contributed by atoms with van der Waals surface area (Å²) in [5, 5.41) is 7.61. The van der Waals surface area contributed by atoms with E-state index in [0.717, 1.165) is 31.6 Å². The first kappa shape index (κ1) is 14.3. The van der Waals surface area contributed by atoms with E-state index in [9.17, 15) is 0 Å². The van der Waals surface area contributed by atoms with E-state index < -0.39 is 0 Å². The van der Waals surface area contributed by atoms with Crippen LogP contribution in [-0.2, 0) is 18.4 Å². The van der Waals surface area contributed by atoms with Gasteiger partial charge in [0.25, 0.3) is 0 Å². The summed E-state index contributed by atoms with van der Waals surface area (Å²) < 4.78 is 5.50. The van der Waals surface area contributed by atoms with Crippen LogP contribution in [0.4, 0.5) is 0 Å². The first-order valence-corrected chi connectivity index (χ1v) is 7.76. The third kappa shape index (κ3) is 2.86. The normalized spacial score (nSPS) is 18.5. The predicted molar refractivity (Wildman–Crippen MR) is 82.2 cm³/mol. The molecule has 1 aliphatic rings. The Labute approximate surface area is 126 Å². The molecule has 21 heavy (non-hydrogen) atoms. The summed E-state index contributed by atoms with van der Waals surface area (Å²) in [6.07, 6.45) is 3.20. The van der Waals surface area contributed by atoms with Crippen molar-refractivity contribution in [2.45, 2.75) is 51.5 Å². The lowest BCUT2D eigenvalue weighted by atomic mass is 9.83. The number of fused-ring (bicyclic) bond motifs is 1. The molecule has 0 bridgehead atoms. The van der Waals surface area contributed by atoms with Gasteiger partial charge in [0.1, 0.15) is 0 Å². The van der Waals surface area contributed by atoms with E-state index in [4.69, 9.17) is 4.52 Å². The Morgan fingerprint density at radius 3 is 2.81 bits per heavy atom. The van der Waals surface area contributed by atoms with Crippen molar-refractivity contribution in [3.05, 3.63) is 47.1 Å². The number of aryl methyl sites for hydroxylation is 1. The Hall–Kier alpha value is -1.68. The number of nitrogens with zero attached hydrogens (tertiary/aromatic N) is 2. The largest absolute Gasteiger partial charge is 0.337 e. The van der Waals surface area contributed by atoms with Gasteiger partial charge in [0.2, 0.25) is 5.89 Å². The number of benzene rings is 1. The number of hydrogen-bond acceptors (Lipinski definition) is 4. The summed E-state index contributed by atoms with van der Waals surface area (Å²) in [4.78, 5) is 4.66. The molecule has 0 amide bonds. The SMILES string of the molecule is CCNC(C)(C)c1nc(C2CCc3ccccc3C2)no1. The molecular formula is C17H23N3O. The highest BCUT2D eigenvalue weighted by Gasteiger charge is 2.29. The molecule has 0 saturated carbocycles. The molecule has 0 spiro atoms. The maximum absolute atomic E-state index is 5.50. The molecule has 2 aromatic rings. The molecule has 1 aliphatic carbocycles. The van der Waals surface area contributed by atoms with Crippen molar-refractivity contribution in [1.29, 1.82) is 0 Å². The van der Waals surface area contributed by atoms with Crippen LogP contribution in [0.2, 0.25) is 0 Å². The third-order valence-electron chi connectivity index (χ3n) is 4.31. The molecule has 1 atom stereocenters. The van der Waals surface area contributed by atoms with Crippen molar-refractivity contribution in [3.8, 4) is 0 Å². The molecule has 1 heterocycles. The molecule has 1 aromatic carbocycles. The summed E-state index contributed by atoms with van der Waals surface area (Å²) >= 11 is 0. The topological polar surface area (TPSA) is 51.0 Å². The zero-order valence-corrected chi connectivity index (χ0v) is 13.0. The maximum Gasteiger partial charge on any atom is 0.246 e. The van der Waals surface area contributed by atoms with Crippen LogP contribution < -0.4 is 5.32 Å². The fourth-order valence-electron chi connectivity index (χ4n) is 3.09. The molecule has 0 saturated heterocycles. The Morgan fingerprint density at radius 1 is 1.29 bits per heavy atom. The van der Waals surface area contributed by atoms with E-state index >= 15 is 0 Å². The molecule has 0 fully saturated rings. The van der Waals surface area contributed by atoms with Crippen molar-refractivity contribution in [2.75, 3.05) is 6.54 Å². The van der Waals surface area contributed by atoms with Gasteiger partial charge >= 0.3 is 0 Å². The Balaban J connectivity index is 1.79. The number of nitrogens with one attached hydrogen (secondary N) is 1. The van der Waals surface area contributed by atoms with Crippen LogP contribution >= 0.6 is 0 Å². The summed E-state index contributed by atoms with van der Waals surface area (Å²) in [7, 11) is 0. The van der Waals surface area contributed by atoms with E-state index in [2.05, 4.69) is 60.5 Å². The van der Waals surface area contributed by atoms with E-state index in [1.54, 1.807) is 0 Å². The molecule has 1 aromatic heterocycles. The highest BCUT2D eigenvalue weighted by atomic mass is 16.5. The maximum atomic E-state index is 5.50. The van der Waals surface area contributed by atoms with Crippen LogP contribution in [0.15, 0.2) is 28.8 Å². The Bertz CT molecular complexity index is 618. The lowest BCUT2D eigenvalue weighted by Gasteiger charge is -2.22. The van der Waals surface area contributed by atoms with Crippen LogP contribution in [0.25, 0.3) is 0 Å². The van der Waals surface area contributed by atoms with Gasteiger partial charge in [-0.3, -0.25) is 0 Å². The van der Waals surface area contributed by atoms with Crippen molar-refractivity contribution in [2.24, 2.45) is 0 Å². The second-order valence-electron chi connectivity index (χ2n) is 6.32. The lowest BCUT2D eigenvalue weighted by molar-refractivity contribution is 0.270. The highest BCUT2D eigenvalue weighted by Crippen LogP contribution is 2.32. The molecule has 4 nitrogen and oxygen atoms in total. The molecule has 1 unspecified atom stereocenters. The second kappa shape index (κ2) is 5.60. The van der Waals surface area contributed by atoms with Crippen LogP contribution in [0.5, 0.6) is 0 Å². The predicted octanol–water partition coefficient (Wildman–Crippen LogP) is 3.19. The third-order valence-corrected chi connectivity index (χ3v) is 4.31. The zero-order chi connectivity index (χ0) is 14.9. The quantitative estimate of drug-likeness (QED) is 0.937. The molecule has 0 aliphatic heterocycles. The molecular weight excluding hydrogens is 262 g/mol. The summed E-state index contributed by atoms with van der Waals surface area (Å²) in [6, 6.07) is 8.66. The molecule has 112 valence electrons. The van der Waals surface area contributed by atoms with Crippen LogP contribution in [0, 0.1) is 0 Å². The van der Waals surface area contributed by atoms with Gasteiger partial charge in [0, 0.05) is 5.92 Å². The van der Waals surface area contributed by atoms with Gasteiger partial charge in [-0.15, -0.1) is 0 Å². The van der Waals surface area contributed by atoms with Gasteiger partial charge in [0.05, 0.1) is 5.54 Å². The average molecular weight is 285 g/mol. The van der Waals surface area contributed by atoms with Gasteiger partial charge in [-0.1, -0.05) is 36.3 Å². The lowest BCUT2D eigenvalue weighted by Crippen LogP contribution is -2.36. The van der Waals surface area contributed by atoms with Crippen molar-refractivity contribution < 1.29 is 4.52 Å². The van der Waals surface area contributed by atoms with Gasteiger partial charge in [0.15, 0.2) is 5.82 Å². The Kier molecular flexibility index (Phi) is 3.81. The fraction of sp³-hybridized carbons (Fsp3) is 0.529. The minimum atomic E-state index is -0.271. The van der Waals surface area contributed by atoms with E-state index in [1.807, 2.05) is 0 Å². The van der Waals surface area contributed by atoms with E-state index in [1.165, 1.54) is 11.1 Å². The molecule has 4 heteroatoms. The van der Waals surface area contributed by atoms with Crippen LogP contribution in [0.1, 0.15) is 56.0 Å². The monoisotopic (exact) mass is 285 g/mol. The Morgan fingerprint density at radius 2 is 2.05 bits per heavy atom. The van der Waals surface area contributed by atoms with Crippen LogP contribution in [0.3, 0.4) is 0 Å². The number of aromatic nitrogens is 2. The van der Waals surface area contributed by atoms with Crippen LogP contribution in [-0.4, -0.2) is 16.7 Å². The average Bonchev–Trinajstić information content (AvgIpc) is 2.97.